The molecule has 0 radical (unpaired) electrons. The lowest BCUT2D eigenvalue weighted by atomic mass is 9.82. The number of carbonyl (C=O) groups excluding carboxylic acids is 2. The monoisotopic (exact) mass is 798 g/mol. The predicted octanol–water partition coefficient (Wildman–Crippen LogP) is 12.8. The number of unbranched alkanes of at least 4 members (excludes halogenated alkanes) is 1. The van der Waals surface area contributed by atoms with Crippen molar-refractivity contribution in [3.8, 4) is 12.8 Å². The molecular weight excluding hydrogens is 707 g/mol. The highest BCUT2D eigenvalue weighted by Crippen LogP contribution is 2.53. The number of H-pyrrole nitrogens is 1. The molecule has 3 atom stereocenters. The van der Waals surface area contributed by atoms with Crippen molar-refractivity contribution in [3.63, 3.8) is 0 Å². The van der Waals surface area contributed by atoms with Gasteiger partial charge >= 0.3 is 0 Å². The molecular formula is C48H91N7O2. The molecule has 1 aliphatic heterocycles. The zero-order chi connectivity index (χ0) is 44.8. The van der Waals surface area contributed by atoms with Crippen molar-refractivity contribution in [2.45, 2.75) is 192 Å². The number of hydrogen-bond acceptors (Lipinski definition) is 6. The Morgan fingerprint density at radius 3 is 1.98 bits per heavy atom. The summed E-state index contributed by atoms with van der Waals surface area (Å²) in [4.78, 5) is 30.7. The molecule has 330 valence electrons. The van der Waals surface area contributed by atoms with Gasteiger partial charge in [-0.15, -0.1) is 19.4 Å². The third kappa shape index (κ3) is 30.1. The number of allylic oxidation sites excluding steroid dienone is 2. The van der Waals surface area contributed by atoms with E-state index in [4.69, 9.17) is 5.41 Å². The quantitative estimate of drug-likeness (QED) is 0.0521. The van der Waals surface area contributed by atoms with Gasteiger partial charge < -0.3 is 21.0 Å². The molecule has 9 heteroatoms. The molecule has 1 aromatic rings. The van der Waals surface area contributed by atoms with Crippen LogP contribution in [0.1, 0.15) is 197 Å². The number of hydrogen-bond donors (Lipinski definition) is 4. The lowest BCUT2D eigenvalue weighted by Gasteiger charge is -2.31. The van der Waals surface area contributed by atoms with E-state index < -0.39 is 0 Å². The van der Waals surface area contributed by atoms with Gasteiger partial charge in [-0.2, -0.15) is 5.10 Å². The molecule has 57 heavy (non-hydrogen) atoms. The lowest BCUT2D eigenvalue weighted by molar-refractivity contribution is -0.123. The van der Waals surface area contributed by atoms with E-state index in [1.54, 1.807) is 20.0 Å². The Morgan fingerprint density at radius 1 is 1.11 bits per heavy atom. The fourth-order valence-electron chi connectivity index (χ4n) is 5.99. The van der Waals surface area contributed by atoms with Gasteiger partial charge in [-0.05, 0) is 95.3 Å². The van der Waals surface area contributed by atoms with Crippen molar-refractivity contribution in [3.05, 3.63) is 42.1 Å². The number of imidazole rings is 1. The highest BCUT2D eigenvalue weighted by molar-refractivity contribution is 5.93. The third-order valence-electron chi connectivity index (χ3n) is 10.1. The molecule has 3 aliphatic rings. The molecule has 2 saturated carbocycles. The van der Waals surface area contributed by atoms with Gasteiger partial charge in [-0.3, -0.25) is 14.6 Å². The number of nitrogens with zero attached hydrogens (tertiary/aromatic N) is 3. The number of piperidine rings is 1. The second kappa shape index (κ2) is 39.2. The van der Waals surface area contributed by atoms with Gasteiger partial charge in [0.05, 0.1) is 17.9 Å². The van der Waals surface area contributed by atoms with Gasteiger partial charge in [-0.25, -0.2) is 4.98 Å². The van der Waals surface area contributed by atoms with Gasteiger partial charge in [0.25, 0.3) is 5.91 Å². The molecule has 2 aliphatic carbocycles. The van der Waals surface area contributed by atoms with Gasteiger partial charge in [0.15, 0.2) is 0 Å². The van der Waals surface area contributed by atoms with Crippen LogP contribution in [0.2, 0.25) is 0 Å². The number of terminal acetylenes is 1. The smallest absolute Gasteiger partial charge is 0.269 e. The Bertz CT molecular complexity index is 1200. The second-order valence-corrected chi connectivity index (χ2v) is 14.9. The minimum absolute atomic E-state index is 0.0443. The largest absolute Gasteiger partial charge is 0.356 e. The van der Waals surface area contributed by atoms with E-state index in [1.165, 1.54) is 69.2 Å². The molecule has 1 saturated heterocycles. The first kappa shape index (κ1) is 60.0. The Labute approximate surface area is 353 Å². The zero-order valence-corrected chi connectivity index (χ0v) is 39.6. The van der Waals surface area contributed by atoms with E-state index in [0.717, 1.165) is 61.8 Å². The van der Waals surface area contributed by atoms with Crippen LogP contribution in [0.5, 0.6) is 0 Å². The number of amides is 2. The van der Waals surface area contributed by atoms with Gasteiger partial charge in [0.2, 0.25) is 5.91 Å². The first-order valence-corrected chi connectivity index (χ1v) is 22.2. The molecule has 4 rings (SSSR count). The first-order chi connectivity index (χ1) is 27.3. The van der Waals surface area contributed by atoms with Crippen LogP contribution in [0.25, 0.3) is 0 Å². The van der Waals surface area contributed by atoms with Crippen LogP contribution < -0.4 is 10.6 Å². The molecule has 3 unspecified atom stereocenters. The van der Waals surface area contributed by atoms with Crippen LogP contribution in [0, 0.1) is 48.3 Å². The van der Waals surface area contributed by atoms with Gasteiger partial charge in [-0.1, -0.05) is 120 Å². The topological polar surface area (TPSA) is 126 Å². The van der Waals surface area contributed by atoms with Crippen molar-refractivity contribution >= 4 is 24.2 Å². The van der Waals surface area contributed by atoms with Crippen molar-refractivity contribution in [2.75, 3.05) is 13.6 Å². The summed E-state index contributed by atoms with van der Waals surface area (Å²) < 4.78 is 0. The van der Waals surface area contributed by atoms with Crippen LogP contribution in [0.15, 0.2) is 35.7 Å². The van der Waals surface area contributed by atoms with E-state index in [1.807, 2.05) is 54.7 Å². The maximum atomic E-state index is 12.7. The third-order valence-corrected chi connectivity index (χ3v) is 10.1. The van der Waals surface area contributed by atoms with Crippen LogP contribution in [0.4, 0.5) is 0 Å². The summed E-state index contributed by atoms with van der Waals surface area (Å²) in [6, 6.07) is -0.0443. The number of likely N-dealkylation sites (N-methyl/N-ethyl adjacent to an activating group) is 1. The van der Waals surface area contributed by atoms with Crippen LogP contribution >= 0.6 is 0 Å². The molecule has 9 nitrogen and oxygen atoms in total. The Morgan fingerprint density at radius 2 is 1.65 bits per heavy atom. The number of aryl methyl sites for hydroxylation is 1. The summed E-state index contributed by atoms with van der Waals surface area (Å²) in [6.07, 6.45) is 31.9. The summed E-state index contributed by atoms with van der Waals surface area (Å²) in [7, 11) is 1.72. The minimum Gasteiger partial charge on any atom is -0.356 e. The normalized spacial score (nSPS) is 17.1. The van der Waals surface area contributed by atoms with E-state index in [-0.39, 0.29) is 17.9 Å². The van der Waals surface area contributed by atoms with E-state index in [9.17, 15) is 9.59 Å². The summed E-state index contributed by atoms with van der Waals surface area (Å²) in [5.41, 5.74) is 2.94. The standard InChI is InChI=1S/C17H27N5O.C11H20.C6H11NO.C4H9N.C4H10.2C2H6.C2H2/c1-5-15(22(4)18-3)17(23)21-16(13-9-7-6-8-10-13)14-11-19-12(2)20-14;1-4-6-11(7-8-11)9-10(3)5-2;1-5-2-3-6(8)7-4-5;1-3-4(2)5;1-3-4-2;3*1-2/h5,11,13,16H,3,6-10H2,1-2,4H3,(H,19,20)(H,21,23);4,10H,1,5-9H2,2-3H3;5H,2-4H2,1H3,(H,7,8);5H,3H2,1-2H3;3-4H2,1-2H3;2*1-2H3;1-2H/b15-5-;;;;;;;. The average Bonchev–Trinajstić information content (AvgIpc) is 3.86. The fraction of sp³-hybridized carbons (Fsp3) is 0.729. The maximum Gasteiger partial charge on any atom is 0.269 e. The first-order valence-electron chi connectivity index (χ1n) is 22.2. The highest BCUT2D eigenvalue weighted by atomic mass is 16.2. The average molecular weight is 798 g/mol. The fourth-order valence-corrected chi connectivity index (χ4v) is 5.99. The molecule has 4 N–H and O–H groups in total. The van der Waals surface area contributed by atoms with E-state index >= 15 is 0 Å². The second-order valence-electron chi connectivity index (χ2n) is 14.9. The number of hydrazone groups is 1. The number of aromatic amines is 1. The van der Waals surface area contributed by atoms with Crippen molar-refractivity contribution < 1.29 is 9.59 Å². The van der Waals surface area contributed by atoms with E-state index in [2.05, 4.69) is 92.5 Å². The molecule has 2 heterocycles. The number of carbonyl (C=O) groups is 2. The lowest BCUT2D eigenvalue weighted by Crippen LogP contribution is -2.38. The molecule has 1 aromatic heterocycles. The molecule has 3 fully saturated rings. The highest BCUT2D eigenvalue weighted by Gasteiger charge is 2.41. The molecule has 0 bridgehead atoms. The van der Waals surface area contributed by atoms with Crippen molar-refractivity contribution in [1.82, 2.24) is 25.6 Å². The van der Waals surface area contributed by atoms with Crippen molar-refractivity contribution in [2.24, 2.45) is 28.3 Å². The summed E-state index contributed by atoms with van der Waals surface area (Å²) in [5.74, 6) is 2.98. The molecule has 0 spiro atoms. The van der Waals surface area contributed by atoms with Gasteiger partial charge in [0.1, 0.15) is 11.5 Å². The number of rotatable bonds is 13. The Hall–Kier alpha value is -3.67. The maximum absolute atomic E-state index is 12.7. The summed E-state index contributed by atoms with van der Waals surface area (Å²) in [6.45, 7) is 34.9. The Balaban J connectivity index is -0.000000344. The van der Waals surface area contributed by atoms with Crippen molar-refractivity contribution in [1.29, 1.82) is 5.41 Å². The number of nitrogens with one attached hydrogen (secondary N) is 4. The van der Waals surface area contributed by atoms with Crippen LogP contribution in [-0.2, 0) is 9.59 Å². The Kier molecular flexibility index (Phi) is 41.2. The molecule has 2 amide bonds. The number of aromatic nitrogens is 2. The zero-order valence-electron chi connectivity index (χ0n) is 39.6. The SMILES string of the molecule is C#C.C=CCC1(CC(C)CC)CC1.C=NN(C)/C(=C\C)C(=O)NC(c1cnc(C)[nH]1)C1CCCCC1.CC.CC.CC1CCC(=O)NC1.CCC(C)=N.CCCC. The summed E-state index contributed by atoms with van der Waals surface area (Å²) in [5, 5.41) is 18.0. The van der Waals surface area contributed by atoms with Crippen LogP contribution in [-0.4, -0.2) is 52.8 Å². The van der Waals surface area contributed by atoms with E-state index in [0.29, 0.717) is 22.9 Å². The predicted molar refractivity (Wildman–Crippen MR) is 251 cm³/mol. The molecule has 0 aromatic carbocycles. The van der Waals surface area contributed by atoms with Crippen LogP contribution in [0.3, 0.4) is 0 Å². The minimum atomic E-state index is -0.134. The summed E-state index contributed by atoms with van der Waals surface area (Å²) >= 11 is 0. The van der Waals surface area contributed by atoms with Gasteiger partial charge in [0, 0.05) is 32.4 Å².